The number of carbonyl (C=O) groups is 1. The largest absolute Gasteiger partial charge is 0.398 e. The molecule has 1 aromatic carbocycles. The smallest absolute Gasteiger partial charge is 0.244 e. The zero-order valence-electron chi connectivity index (χ0n) is 13.1. The quantitative estimate of drug-likeness (QED) is 0.790. The monoisotopic (exact) mass is 313 g/mol. The van der Waals surface area contributed by atoms with Crippen LogP contribution in [0.5, 0.6) is 0 Å². The summed E-state index contributed by atoms with van der Waals surface area (Å²) in [4.78, 5) is 11.6. The van der Waals surface area contributed by atoms with Crippen LogP contribution in [-0.4, -0.2) is 39.3 Å². The zero-order chi connectivity index (χ0) is 16.4. The highest BCUT2D eigenvalue weighted by molar-refractivity contribution is 7.89. The first-order valence-electron chi connectivity index (χ1n) is 6.66. The number of nitrogens with one attached hydrogen (secondary N) is 1. The summed E-state index contributed by atoms with van der Waals surface area (Å²) in [5.41, 5.74) is 7.86. The van der Waals surface area contributed by atoms with Crippen molar-refractivity contribution in [3.8, 4) is 0 Å². The van der Waals surface area contributed by atoms with Crippen LogP contribution in [0.25, 0.3) is 0 Å². The van der Waals surface area contributed by atoms with E-state index in [1.165, 1.54) is 14.1 Å². The lowest BCUT2D eigenvalue weighted by Crippen LogP contribution is -2.37. The second kappa shape index (κ2) is 6.44. The van der Waals surface area contributed by atoms with Gasteiger partial charge < -0.3 is 11.1 Å². The standard InChI is InChI=1S/C14H23N3O3S/c1-9-6-12(15)13(7-10(9)2)21(19,20)17(5)8-11(3)14(18)16-4/h6-7,11H,8,15H2,1-5H3,(H,16,18). The van der Waals surface area contributed by atoms with Gasteiger partial charge in [-0.3, -0.25) is 4.79 Å². The third-order valence-corrected chi connectivity index (χ3v) is 5.42. The molecule has 118 valence electrons. The van der Waals surface area contributed by atoms with Crippen LogP contribution in [0.1, 0.15) is 18.1 Å². The lowest BCUT2D eigenvalue weighted by molar-refractivity contribution is -0.124. The number of anilines is 1. The summed E-state index contributed by atoms with van der Waals surface area (Å²) in [6.45, 7) is 5.48. The van der Waals surface area contributed by atoms with E-state index in [0.717, 1.165) is 15.4 Å². The number of nitrogens with two attached hydrogens (primary N) is 1. The van der Waals surface area contributed by atoms with Crippen LogP contribution in [0.3, 0.4) is 0 Å². The molecule has 0 spiro atoms. The van der Waals surface area contributed by atoms with Gasteiger partial charge in [0, 0.05) is 26.6 Å². The molecule has 0 fully saturated rings. The first-order valence-corrected chi connectivity index (χ1v) is 8.10. The molecule has 0 radical (unpaired) electrons. The predicted octanol–water partition coefficient (Wildman–Crippen LogP) is 0.888. The third kappa shape index (κ3) is 3.74. The molecule has 0 aliphatic heterocycles. The highest BCUT2D eigenvalue weighted by Gasteiger charge is 2.26. The molecule has 1 atom stereocenters. The Labute approximate surface area is 126 Å². The molecule has 1 amide bonds. The molecule has 1 unspecified atom stereocenters. The molecule has 7 heteroatoms. The van der Waals surface area contributed by atoms with Crippen LogP contribution < -0.4 is 11.1 Å². The van der Waals surface area contributed by atoms with Gasteiger partial charge in [-0.2, -0.15) is 0 Å². The van der Waals surface area contributed by atoms with Crippen molar-refractivity contribution in [2.24, 2.45) is 5.92 Å². The summed E-state index contributed by atoms with van der Waals surface area (Å²) >= 11 is 0. The molecule has 0 saturated carbocycles. The Morgan fingerprint density at radius 2 is 1.86 bits per heavy atom. The Kier molecular flexibility index (Phi) is 5.36. The Balaban J connectivity index is 3.11. The predicted molar refractivity (Wildman–Crippen MR) is 83.4 cm³/mol. The second-order valence-corrected chi connectivity index (χ2v) is 7.29. The van der Waals surface area contributed by atoms with Crippen molar-refractivity contribution in [3.63, 3.8) is 0 Å². The number of rotatable bonds is 5. The third-order valence-electron chi connectivity index (χ3n) is 3.54. The van der Waals surface area contributed by atoms with Gasteiger partial charge in [0.05, 0.1) is 5.69 Å². The lowest BCUT2D eigenvalue weighted by Gasteiger charge is -2.21. The lowest BCUT2D eigenvalue weighted by atomic mass is 10.1. The first-order chi connectivity index (χ1) is 9.61. The van der Waals surface area contributed by atoms with Gasteiger partial charge in [-0.1, -0.05) is 6.92 Å². The van der Waals surface area contributed by atoms with Gasteiger partial charge >= 0.3 is 0 Å². The van der Waals surface area contributed by atoms with Crippen molar-refractivity contribution in [1.82, 2.24) is 9.62 Å². The molecular formula is C14H23N3O3S. The molecule has 21 heavy (non-hydrogen) atoms. The van der Waals surface area contributed by atoms with E-state index >= 15 is 0 Å². The fourth-order valence-corrected chi connectivity index (χ4v) is 3.45. The van der Waals surface area contributed by atoms with Crippen LogP contribution in [-0.2, 0) is 14.8 Å². The van der Waals surface area contributed by atoms with Crippen LogP contribution in [0.15, 0.2) is 17.0 Å². The molecule has 0 bridgehead atoms. The normalized spacial score (nSPS) is 13.2. The van der Waals surface area contributed by atoms with Gasteiger partial charge in [0.15, 0.2) is 0 Å². The number of benzene rings is 1. The van der Waals surface area contributed by atoms with Crippen LogP contribution in [0.4, 0.5) is 5.69 Å². The summed E-state index contributed by atoms with van der Waals surface area (Å²) in [5, 5.41) is 2.50. The number of sulfonamides is 1. The Hall–Kier alpha value is -1.60. The second-order valence-electron chi connectivity index (χ2n) is 5.28. The highest BCUT2D eigenvalue weighted by atomic mass is 32.2. The van der Waals surface area contributed by atoms with E-state index in [-0.39, 0.29) is 23.0 Å². The molecule has 1 aromatic rings. The molecule has 0 aliphatic carbocycles. The molecule has 0 heterocycles. The molecule has 6 nitrogen and oxygen atoms in total. The number of nitrogens with zero attached hydrogens (tertiary/aromatic N) is 1. The number of carbonyl (C=O) groups excluding carboxylic acids is 1. The van der Waals surface area contributed by atoms with Gasteiger partial charge in [0.1, 0.15) is 4.90 Å². The summed E-state index contributed by atoms with van der Waals surface area (Å²) < 4.78 is 26.3. The molecule has 1 rings (SSSR count). The molecule has 0 saturated heterocycles. The minimum absolute atomic E-state index is 0.0807. The van der Waals surface area contributed by atoms with Crippen molar-refractivity contribution < 1.29 is 13.2 Å². The molecule has 3 N–H and O–H groups in total. The maximum absolute atomic E-state index is 12.6. The molecule has 0 aromatic heterocycles. The molecule has 0 aliphatic rings. The van der Waals surface area contributed by atoms with Crippen LogP contribution in [0.2, 0.25) is 0 Å². The number of hydrogen-bond donors (Lipinski definition) is 2. The zero-order valence-corrected chi connectivity index (χ0v) is 13.9. The maximum Gasteiger partial charge on any atom is 0.244 e. The minimum atomic E-state index is -3.72. The van der Waals surface area contributed by atoms with Crippen LogP contribution >= 0.6 is 0 Å². The fraction of sp³-hybridized carbons (Fsp3) is 0.500. The van der Waals surface area contributed by atoms with Crippen molar-refractivity contribution in [2.45, 2.75) is 25.7 Å². The summed E-state index contributed by atoms with van der Waals surface area (Å²) in [5.74, 6) is -0.646. The number of hydrogen-bond acceptors (Lipinski definition) is 4. The van der Waals surface area contributed by atoms with Crippen LogP contribution in [0, 0.1) is 19.8 Å². The average molecular weight is 313 g/mol. The number of amides is 1. The summed E-state index contributed by atoms with van der Waals surface area (Å²) in [7, 11) is -0.747. The van der Waals surface area contributed by atoms with E-state index in [9.17, 15) is 13.2 Å². The summed E-state index contributed by atoms with van der Waals surface area (Å²) in [6, 6.07) is 3.22. The average Bonchev–Trinajstić information content (AvgIpc) is 2.41. The SMILES string of the molecule is CNC(=O)C(C)CN(C)S(=O)(=O)c1cc(C)c(C)cc1N. The van der Waals surface area contributed by atoms with E-state index in [1.54, 1.807) is 19.1 Å². The van der Waals surface area contributed by atoms with Crippen molar-refractivity contribution in [1.29, 1.82) is 0 Å². The molecular weight excluding hydrogens is 290 g/mol. The highest BCUT2D eigenvalue weighted by Crippen LogP contribution is 2.25. The van der Waals surface area contributed by atoms with E-state index in [2.05, 4.69) is 5.32 Å². The minimum Gasteiger partial charge on any atom is -0.398 e. The maximum atomic E-state index is 12.6. The van der Waals surface area contributed by atoms with E-state index in [4.69, 9.17) is 5.73 Å². The van der Waals surface area contributed by atoms with Gasteiger partial charge in [0.25, 0.3) is 0 Å². The summed E-state index contributed by atoms with van der Waals surface area (Å²) in [6.07, 6.45) is 0. The Bertz CT molecular complexity index is 641. The van der Waals surface area contributed by atoms with Crippen molar-refractivity contribution in [2.75, 3.05) is 26.4 Å². The number of aryl methyl sites for hydroxylation is 2. The van der Waals surface area contributed by atoms with Crippen molar-refractivity contribution in [3.05, 3.63) is 23.3 Å². The Morgan fingerprint density at radius 3 is 2.38 bits per heavy atom. The fourth-order valence-electron chi connectivity index (χ4n) is 2.02. The Morgan fingerprint density at radius 1 is 1.33 bits per heavy atom. The van der Waals surface area contributed by atoms with E-state index in [1.807, 2.05) is 13.8 Å². The van der Waals surface area contributed by atoms with Gasteiger partial charge in [-0.25, -0.2) is 12.7 Å². The van der Waals surface area contributed by atoms with Gasteiger partial charge in [-0.05, 0) is 37.1 Å². The number of nitrogen functional groups attached to an aromatic ring is 1. The topological polar surface area (TPSA) is 92.5 Å². The van der Waals surface area contributed by atoms with Gasteiger partial charge in [-0.15, -0.1) is 0 Å². The van der Waals surface area contributed by atoms with E-state index in [0.29, 0.717) is 0 Å². The van der Waals surface area contributed by atoms with E-state index < -0.39 is 15.9 Å². The van der Waals surface area contributed by atoms with Gasteiger partial charge in [0.2, 0.25) is 15.9 Å². The first kappa shape index (κ1) is 17.5. The van der Waals surface area contributed by atoms with Crippen molar-refractivity contribution >= 4 is 21.6 Å².